The molecule has 0 spiro atoms. The van der Waals surface area contributed by atoms with Gasteiger partial charge in [0.2, 0.25) is 0 Å². The van der Waals surface area contributed by atoms with Crippen LogP contribution in [-0.4, -0.2) is 61.1 Å². The molecule has 1 saturated heterocycles. The maximum absolute atomic E-state index is 12.1. The first-order valence-corrected chi connectivity index (χ1v) is 5.96. The smallest absolute Gasteiger partial charge is 0.276 e. The average Bonchev–Trinajstić information content (AvgIpc) is 2.97. The number of aromatic nitrogens is 6. The van der Waals surface area contributed by atoms with E-state index in [4.69, 9.17) is 0 Å². The Labute approximate surface area is 109 Å². The molecule has 1 aliphatic rings. The van der Waals surface area contributed by atoms with Crippen LogP contribution >= 0.6 is 0 Å². The SMILES string of the molecule is CN(Cc1ncn[nH]1)C(=O)c1cn(C2CNC2)nn1. The number of carbonyl (C=O) groups excluding carboxylic acids is 1. The van der Waals surface area contributed by atoms with Crippen molar-refractivity contribution in [2.45, 2.75) is 12.6 Å². The van der Waals surface area contributed by atoms with Crippen molar-refractivity contribution in [1.82, 2.24) is 40.4 Å². The Morgan fingerprint density at radius 3 is 3.05 bits per heavy atom. The van der Waals surface area contributed by atoms with Crippen molar-refractivity contribution in [1.29, 1.82) is 0 Å². The normalized spacial score (nSPS) is 15.2. The average molecular weight is 262 g/mol. The van der Waals surface area contributed by atoms with E-state index in [1.165, 1.54) is 11.2 Å². The highest BCUT2D eigenvalue weighted by Crippen LogP contribution is 2.11. The van der Waals surface area contributed by atoms with Crippen molar-refractivity contribution >= 4 is 5.91 Å². The Kier molecular flexibility index (Phi) is 2.95. The fourth-order valence-electron chi connectivity index (χ4n) is 1.81. The van der Waals surface area contributed by atoms with Crippen molar-refractivity contribution in [2.75, 3.05) is 20.1 Å². The number of hydrogen-bond donors (Lipinski definition) is 2. The van der Waals surface area contributed by atoms with E-state index < -0.39 is 0 Å². The zero-order valence-electron chi connectivity index (χ0n) is 10.4. The highest BCUT2D eigenvalue weighted by molar-refractivity contribution is 5.91. The lowest BCUT2D eigenvalue weighted by molar-refractivity contribution is 0.0775. The molecule has 0 unspecified atom stereocenters. The number of aromatic amines is 1. The third-order valence-electron chi connectivity index (χ3n) is 3.06. The van der Waals surface area contributed by atoms with Crippen molar-refractivity contribution in [3.05, 3.63) is 24.0 Å². The number of amides is 1. The van der Waals surface area contributed by atoms with Gasteiger partial charge in [-0.15, -0.1) is 5.10 Å². The summed E-state index contributed by atoms with van der Waals surface area (Å²) < 4.78 is 1.73. The van der Waals surface area contributed by atoms with Gasteiger partial charge >= 0.3 is 0 Å². The van der Waals surface area contributed by atoms with E-state index >= 15 is 0 Å². The largest absolute Gasteiger partial charge is 0.333 e. The molecule has 0 aromatic carbocycles. The van der Waals surface area contributed by atoms with E-state index in [9.17, 15) is 4.79 Å². The van der Waals surface area contributed by atoms with E-state index in [-0.39, 0.29) is 5.91 Å². The van der Waals surface area contributed by atoms with Gasteiger partial charge in [-0.05, 0) is 0 Å². The van der Waals surface area contributed by atoms with Crippen LogP contribution in [-0.2, 0) is 6.54 Å². The van der Waals surface area contributed by atoms with E-state index in [0.717, 1.165) is 13.1 Å². The predicted octanol–water partition coefficient (Wildman–Crippen LogP) is -1.19. The summed E-state index contributed by atoms with van der Waals surface area (Å²) in [5.41, 5.74) is 0.342. The molecule has 9 nitrogen and oxygen atoms in total. The number of H-pyrrole nitrogens is 1. The first kappa shape index (κ1) is 11.8. The molecule has 0 radical (unpaired) electrons. The van der Waals surface area contributed by atoms with Gasteiger partial charge in [-0.3, -0.25) is 9.89 Å². The van der Waals surface area contributed by atoms with E-state index in [0.29, 0.717) is 24.1 Å². The molecule has 2 aromatic heterocycles. The molecule has 3 rings (SSSR count). The van der Waals surface area contributed by atoms with Gasteiger partial charge in [0.15, 0.2) is 5.69 Å². The molecule has 2 N–H and O–H groups in total. The molecule has 1 aliphatic heterocycles. The van der Waals surface area contributed by atoms with E-state index in [1.54, 1.807) is 17.9 Å². The van der Waals surface area contributed by atoms with Gasteiger partial charge in [-0.25, -0.2) is 9.67 Å². The highest BCUT2D eigenvalue weighted by Gasteiger charge is 2.23. The predicted molar refractivity (Wildman–Crippen MR) is 64.1 cm³/mol. The lowest BCUT2D eigenvalue weighted by atomic mass is 10.2. The van der Waals surface area contributed by atoms with Crippen molar-refractivity contribution in [3.63, 3.8) is 0 Å². The molecule has 9 heteroatoms. The third kappa shape index (κ3) is 2.32. The van der Waals surface area contributed by atoms with Crippen LogP contribution in [0, 0.1) is 0 Å². The maximum atomic E-state index is 12.1. The molecule has 0 bridgehead atoms. The van der Waals surface area contributed by atoms with Crippen LogP contribution in [0.2, 0.25) is 0 Å². The van der Waals surface area contributed by atoms with Crippen LogP contribution in [0.1, 0.15) is 22.4 Å². The van der Waals surface area contributed by atoms with E-state index in [2.05, 4.69) is 30.8 Å². The summed E-state index contributed by atoms with van der Waals surface area (Å²) >= 11 is 0. The summed E-state index contributed by atoms with van der Waals surface area (Å²) in [4.78, 5) is 17.6. The molecule has 0 aliphatic carbocycles. The second kappa shape index (κ2) is 4.76. The molecule has 100 valence electrons. The Balaban J connectivity index is 1.67. The number of nitrogens with one attached hydrogen (secondary N) is 2. The molecule has 19 heavy (non-hydrogen) atoms. The molecule has 1 amide bonds. The third-order valence-corrected chi connectivity index (χ3v) is 3.06. The molecule has 0 saturated carbocycles. The molecule has 2 aromatic rings. The fraction of sp³-hybridized carbons (Fsp3) is 0.500. The second-order valence-electron chi connectivity index (χ2n) is 4.49. The van der Waals surface area contributed by atoms with Crippen molar-refractivity contribution in [3.8, 4) is 0 Å². The summed E-state index contributed by atoms with van der Waals surface area (Å²) in [6.45, 7) is 2.09. The van der Waals surface area contributed by atoms with Crippen LogP contribution in [0.15, 0.2) is 12.5 Å². The standard InChI is InChI=1S/C10H14N8O/c1-17(5-9-12-6-13-15-9)10(19)8-4-18(16-14-8)7-2-11-3-7/h4,6-7,11H,2-3,5H2,1H3,(H,12,13,15). The summed E-state index contributed by atoms with van der Waals surface area (Å²) in [6, 6.07) is 0.300. The summed E-state index contributed by atoms with van der Waals surface area (Å²) in [6.07, 6.45) is 3.10. The monoisotopic (exact) mass is 262 g/mol. The topological polar surface area (TPSA) is 105 Å². The van der Waals surface area contributed by atoms with Crippen molar-refractivity contribution in [2.24, 2.45) is 0 Å². The van der Waals surface area contributed by atoms with Gasteiger partial charge < -0.3 is 10.2 Å². The molecule has 1 fully saturated rings. The number of carbonyl (C=O) groups is 1. The van der Waals surface area contributed by atoms with Gasteiger partial charge in [0.1, 0.15) is 12.2 Å². The Morgan fingerprint density at radius 2 is 2.42 bits per heavy atom. The summed E-state index contributed by atoms with van der Waals surface area (Å²) in [5.74, 6) is 0.446. The number of rotatable bonds is 4. The maximum Gasteiger partial charge on any atom is 0.276 e. The first-order valence-electron chi connectivity index (χ1n) is 5.96. The zero-order valence-corrected chi connectivity index (χ0v) is 10.4. The van der Waals surface area contributed by atoms with Crippen LogP contribution in [0.3, 0.4) is 0 Å². The van der Waals surface area contributed by atoms with Crippen LogP contribution in [0.25, 0.3) is 0 Å². The van der Waals surface area contributed by atoms with Crippen LogP contribution < -0.4 is 5.32 Å². The summed E-state index contributed by atoms with van der Waals surface area (Å²) in [5, 5.41) is 17.5. The van der Waals surface area contributed by atoms with E-state index in [1.807, 2.05) is 0 Å². The van der Waals surface area contributed by atoms with Crippen LogP contribution in [0.4, 0.5) is 0 Å². The van der Waals surface area contributed by atoms with Crippen molar-refractivity contribution < 1.29 is 4.79 Å². The fourth-order valence-corrected chi connectivity index (χ4v) is 1.81. The number of nitrogens with zero attached hydrogens (tertiary/aromatic N) is 6. The van der Waals surface area contributed by atoms with Gasteiger partial charge in [-0.2, -0.15) is 5.10 Å². The lowest BCUT2D eigenvalue weighted by Crippen LogP contribution is -2.43. The second-order valence-corrected chi connectivity index (χ2v) is 4.49. The Hall–Kier alpha value is -2.29. The van der Waals surface area contributed by atoms with Gasteiger partial charge in [0, 0.05) is 20.1 Å². The Morgan fingerprint density at radius 1 is 1.58 bits per heavy atom. The molecular formula is C10H14N8O. The van der Waals surface area contributed by atoms with Gasteiger partial charge in [0.05, 0.1) is 18.8 Å². The minimum atomic E-state index is -0.185. The molecular weight excluding hydrogens is 248 g/mol. The Bertz CT molecular complexity index is 558. The minimum Gasteiger partial charge on any atom is -0.333 e. The van der Waals surface area contributed by atoms with Crippen LogP contribution in [0.5, 0.6) is 0 Å². The highest BCUT2D eigenvalue weighted by atomic mass is 16.2. The zero-order chi connectivity index (χ0) is 13.2. The van der Waals surface area contributed by atoms with Gasteiger partial charge in [0.25, 0.3) is 5.91 Å². The number of hydrogen-bond acceptors (Lipinski definition) is 6. The molecule has 0 atom stereocenters. The minimum absolute atomic E-state index is 0.185. The quantitative estimate of drug-likeness (QED) is 0.718. The first-order chi connectivity index (χ1) is 9.24. The lowest BCUT2D eigenvalue weighted by Gasteiger charge is -2.26. The molecule has 3 heterocycles. The summed E-state index contributed by atoms with van der Waals surface area (Å²) in [7, 11) is 1.69. The van der Waals surface area contributed by atoms with Gasteiger partial charge in [-0.1, -0.05) is 5.21 Å².